The molecular formula is C11H18N2O3S. The molecule has 1 amide bonds. The second-order valence-electron chi connectivity index (χ2n) is 3.41. The van der Waals surface area contributed by atoms with E-state index in [1.54, 1.807) is 0 Å². The van der Waals surface area contributed by atoms with Gasteiger partial charge in [-0.3, -0.25) is 10.2 Å². The van der Waals surface area contributed by atoms with Crippen LogP contribution in [-0.2, 0) is 16.1 Å². The molecule has 0 spiro atoms. The van der Waals surface area contributed by atoms with Crippen LogP contribution in [0.3, 0.4) is 0 Å². The first-order chi connectivity index (χ1) is 8.29. The van der Waals surface area contributed by atoms with Crippen LogP contribution in [0.1, 0.15) is 28.6 Å². The number of nitrogens with one attached hydrogen (secondary N) is 1. The van der Waals surface area contributed by atoms with Crippen molar-refractivity contribution < 1.29 is 14.3 Å². The predicted octanol–water partition coefficient (Wildman–Crippen LogP) is 1.29. The van der Waals surface area contributed by atoms with Crippen molar-refractivity contribution in [2.75, 3.05) is 19.8 Å². The van der Waals surface area contributed by atoms with Crippen molar-refractivity contribution in [3.8, 4) is 0 Å². The molecule has 0 aromatic carbocycles. The van der Waals surface area contributed by atoms with Crippen molar-refractivity contribution in [1.29, 1.82) is 0 Å². The average molecular weight is 258 g/mol. The Morgan fingerprint density at radius 2 is 2.18 bits per heavy atom. The molecule has 0 fully saturated rings. The molecule has 96 valence electrons. The second-order valence-corrected chi connectivity index (χ2v) is 4.33. The fourth-order valence-corrected chi connectivity index (χ4v) is 2.07. The van der Waals surface area contributed by atoms with Gasteiger partial charge in [-0.1, -0.05) is 6.92 Å². The van der Waals surface area contributed by atoms with Gasteiger partial charge in [-0.25, -0.2) is 5.84 Å². The van der Waals surface area contributed by atoms with Crippen molar-refractivity contribution in [3.05, 3.63) is 21.9 Å². The number of hydrogen-bond donors (Lipinski definition) is 2. The van der Waals surface area contributed by atoms with Crippen LogP contribution < -0.4 is 11.3 Å². The van der Waals surface area contributed by atoms with Gasteiger partial charge in [0.2, 0.25) is 0 Å². The van der Waals surface area contributed by atoms with Gasteiger partial charge in [0.05, 0.1) is 24.7 Å². The minimum Gasteiger partial charge on any atom is -0.379 e. The Labute approximate surface area is 105 Å². The Hall–Kier alpha value is -0.950. The zero-order valence-electron chi connectivity index (χ0n) is 9.90. The molecule has 0 saturated carbocycles. The van der Waals surface area contributed by atoms with Gasteiger partial charge >= 0.3 is 0 Å². The zero-order valence-corrected chi connectivity index (χ0v) is 10.7. The smallest absolute Gasteiger partial charge is 0.275 e. The van der Waals surface area contributed by atoms with Crippen molar-refractivity contribution in [2.45, 2.75) is 20.0 Å². The predicted molar refractivity (Wildman–Crippen MR) is 66.7 cm³/mol. The first-order valence-corrected chi connectivity index (χ1v) is 6.40. The minimum atomic E-state index is -0.277. The van der Waals surface area contributed by atoms with Gasteiger partial charge in [0, 0.05) is 12.2 Å². The molecular weight excluding hydrogens is 240 g/mol. The molecule has 0 unspecified atom stereocenters. The zero-order chi connectivity index (χ0) is 12.5. The first-order valence-electron chi connectivity index (χ1n) is 5.52. The van der Waals surface area contributed by atoms with E-state index in [-0.39, 0.29) is 5.91 Å². The van der Waals surface area contributed by atoms with Crippen LogP contribution >= 0.6 is 11.3 Å². The molecule has 0 aliphatic rings. The van der Waals surface area contributed by atoms with Crippen LogP contribution in [0.4, 0.5) is 0 Å². The Morgan fingerprint density at radius 1 is 1.41 bits per heavy atom. The fraction of sp³-hybridized carbons (Fsp3) is 0.545. The molecule has 0 aliphatic carbocycles. The van der Waals surface area contributed by atoms with Crippen molar-refractivity contribution in [1.82, 2.24) is 5.43 Å². The molecule has 0 saturated heterocycles. The van der Waals surface area contributed by atoms with Gasteiger partial charge in [0.1, 0.15) is 0 Å². The number of carbonyl (C=O) groups excluding carboxylic acids is 1. The summed E-state index contributed by atoms with van der Waals surface area (Å²) in [5.41, 5.74) is 2.97. The summed E-state index contributed by atoms with van der Waals surface area (Å²) in [5, 5.41) is 1.84. The van der Waals surface area contributed by atoms with Gasteiger partial charge in [-0.15, -0.1) is 11.3 Å². The molecule has 1 aromatic rings. The fourth-order valence-electron chi connectivity index (χ4n) is 1.26. The van der Waals surface area contributed by atoms with Crippen LogP contribution in [0.15, 0.2) is 11.4 Å². The van der Waals surface area contributed by atoms with Crippen LogP contribution in [0.25, 0.3) is 0 Å². The summed E-state index contributed by atoms with van der Waals surface area (Å²) in [5.74, 6) is 4.81. The number of hydrazine groups is 1. The van der Waals surface area contributed by atoms with Crippen molar-refractivity contribution in [3.63, 3.8) is 0 Å². The summed E-state index contributed by atoms with van der Waals surface area (Å²) in [7, 11) is 0. The van der Waals surface area contributed by atoms with Crippen molar-refractivity contribution in [2.24, 2.45) is 5.84 Å². The van der Waals surface area contributed by atoms with E-state index in [4.69, 9.17) is 15.3 Å². The lowest BCUT2D eigenvalue weighted by Gasteiger charge is -2.05. The Bertz CT molecular complexity index is 341. The van der Waals surface area contributed by atoms with E-state index in [1.807, 2.05) is 11.4 Å². The molecule has 0 bridgehead atoms. The summed E-state index contributed by atoms with van der Waals surface area (Å²) >= 11 is 1.35. The average Bonchev–Trinajstić information content (AvgIpc) is 2.81. The molecule has 17 heavy (non-hydrogen) atoms. The highest BCUT2D eigenvalue weighted by atomic mass is 32.1. The van der Waals surface area contributed by atoms with Crippen molar-refractivity contribution >= 4 is 17.2 Å². The summed E-state index contributed by atoms with van der Waals surface area (Å²) < 4.78 is 10.7. The van der Waals surface area contributed by atoms with E-state index < -0.39 is 0 Å². The summed E-state index contributed by atoms with van der Waals surface area (Å²) in [6, 6.07) is 1.86. The molecule has 0 aliphatic heterocycles. The number of rotatable bonds is 8. The van der Waals surface area contributed by atoms with Gasteiger partial charge < -0.3 is 9.47 Å². The van der Waals surface area contributed by atoms with Crippen LogP contribution in [0.5, 0.6) is 0 Å². The Kier molecular flexibility index (Phi) is 6.80. The summed E-state index contributed by atoms with van der Waals surface area (Å²) in [4.78, 5) is 12.0. The molecule has 0 radical (unpaired) electrons. The SMILES string of the molecule is CCCOCCOCc1ccsc1C(=O)NN. The number of hydrogen-bond acceptors (Lipinski definition) is 5. The maximum absolute atomic E-state index is 11.4. The molecule has 1 rings (SSSR count). The lowest BCUT2D eigenvalue weighted by molar-refractivity contribution is 0.0407. The number of carbonyl (C=O) groups is 1. The Balaban J connectivity index is 2.27. The van der Waals surface area contributed by atoms with Crippen LogP contribution in [0.2, 0.25) is 0 Å². The normalized spacial score (nSPS) is 10.5. The van der Waals surface area contributed by atoms with E-state index in [9.17, 15) is 4.79 Å². The lowest BCUT2D eigenvalue weighted by Crippen LogP contribution is -2.30. The lowest BCUT2D eigenvalue weighted by atomic mass is 10.2. The molecule has 3 N–H and O–H groups in total. The first kappa shape index (κ1) is 14.1. The third-order valence-corrected chi connectivity index (χ3v) is 3.02. The van der Waals surface area contributed by atoms with E-state index in [0.717, 1.165) is 18.6 Å². The molecule has 1 aromatic heterocycles. The van der Waals surface area contributed by atoms with E-state index in [1.165, 1.54) is 11.3 Å². The van der Waals surface area contributed by atoms with Gasteiger partial charge in [-0.05, 0) is 17.9 Å². The molecule has 6 heteroatoms. The maximum atomic E-state index is 11.4. The standard InChI is InChI=1S/C11H18N2O3S/c1-2-4-15-5-6-16-8-9-3-7-17-10(9)11(14)13-12/h3,7H,2,4-6,8,12H2,1H3,(H,13,14). The maximum Gasteiger partial charge on any atom is 0.275 e. The van der Waals surface area contributed by atoms with Gasteiger partial charge in [0.25, 0.3) is 5.91 Å². The molecule has 5 nitrogen and oxygen atoms in total. The monoisotopic (exact) mass is 258 g/mol. The Morgan fingerprint density at radius 3 is 2.88 bits per heavy atom. The molecule has 0 atom stereocenters. The quantitative estimate of drug-likeness (QED) is 0.319. The minimum absolute atomic E-state index is 0.277. The van der Waals surface area contributed by atoms with E-state index >= 15 is 0 Å². The summed E-state index contributed by atoms with van der Waals surface area (Å²) in [6.07, 6.45) is 1.01. The third-order valence-electron chi connectivity index (χ3n) is 2.06. The number of ether oxygens (including phenoxy) is 2. The van der Waals surface area contributed by atoms with Crippen LogP contribution in [0, 0.1) is 0 Å². The highest BCUT2D eigenvalue weighted by Crippen LogP contribution is 2.17. The summed E-state index contributed by atoms with van der Waals surface area (Å²) in [6.45, 7) is 4.32. The third kappa shape index (κ3) is 4.82. The number of nitrogen functional groups attached to an aromatic ring is 1. The van der Waals surface area contributed by atoms with E-state index in [0.29, 0.717) is 24.7 Å². The van der Waals surface area contributed by atoms with Crippen LogP contribution in [-0.4, -0.2) is 25.7 Å². The topological polar surface area (TPSA) is 73.6 Å². The van der Waals surface area contributed by atoms with Gasteiger partial charge in [-0.2, -0.15) is 0 Å². The second kappa shape index (κ2) is 8.19. The number of amides is 1. The number of nitrogens with two attached hydrogens (primary N) is 1. The molecule has 1 heterocycles. The van der Waals surface area contributed by atoms with E-state index in [2.05, 4.69) is 12.3 Å². The highest BCUT2D eigenvalue weighted by molar-refractivity contribution is 7.12. The number of thiophene rings is 1. The van der Waals surface area contributed by atoms with Gasteiger partial charge in [0.15, 0.2) is 0 Å². The highest BCUT2D eigenvalue weighted by Gasteiger charge is 2.11. The largest absolute Gasteiger partial charge is 0.379 e.